The number of likely N-dealkylation sites (tertiary alicyclic amines) is 1. The molecule has 0 radical (unpaired) electrons. The van der Waals surface area contributed by atoms with Gasteiger partial charge < -0.3 is 10.0 Å². The molecule has 0 aromatic rings. The zero-order valence-electron chi connectivity index (χ0n) is 11.2. The Kier molecular flexibility index (Phi) is 3.61. The van der Waals surface area contributed by atoms with Crippen LogP contribution in [0.3, 0.4) is 0 Å². The van der Waals surface area contributed by atoms with Gasteiger partial charge in [-0.15, -0.1) is 0 Å². The summed E-state index contributed by atoms with van der Waals surface area (Å²) in [6, 6.07) is 0.390. The largest absolute Gasteiger partial charge is 0.480 e. The molecule has 1 saturated heterocycles. The molecule has 1 aliphatic heterocycles. The SMILES string of the molecule is CCC1(C(=O)O)CCCN1CC(=O)N(C)C1CC1. The maximum Gasteiger partial charge on any atom is 0.324 e. The molecule has 2 rings (SSSR count). The second-order valence-corrected chi connectivity index (χ2v) is 5.45. The monoisotopic (exact) mass is 254 g/mol. The average molecular weight is 254 g/mol. The predicted molar refractivity (Wildman–Crippen MR) is 67.3 cm³/mol. The van der Waals surface area contributed by atoms with Crippen LogP contribution in [0.15, 0.2) is 0 Å². The molecule has 1 saturated carbocycles. The van der Waals surface area contributed by atoms with Crippen molar-refractivity contribution in [3.05, 3.63) is 0 Å². The van der Waals surface area contributed by atoms with Gasteiger partial charge in [0.15, 0.2) is 0 Å². The molecule has 5 heteroatoms. The van der Waals surface area contributed by atoms with Crippen molar-refractivity contribution in [1.82, 2.24) is 9.80 Å². The first-order valence-corrected chi connectivity index (χ1v) is 6.75. The van der Waals surface area contributed by atoms with E-state index >= 15 is 0 Å². The van der Waals surface area contributed by atoms with Crippen LogP contribution in [-0.2, 0) is 9.59 Å². The predicted octanol–water partition coefficient (Wildman–Crippen LogP) is 0.936. The summed E-state index contributed by atoms with van der Waals surface area (Å²) in [7, 11) is 1.82. The summed E-state index contributed by atoms with van der Waals surface area (Å²) in [5.74, 6) is -0.733. The first kappa shape index (κ1) is 13.3. The van der Waals surface area contributed by atoms with Crippen molar-refractivity contribution in [2.45, 2.75) is 50.6 Å². The van der Waals surface area contributed by atoms with Crippen molar-refractivity contribution in [3.8, 4) is 0 Å². The van der Waals surface area contributed by atoms with Gasteiger partial charge in [0.25, 0.3) is 0 Å². The van der Waals surface area contributed by atoms with E-state index in [0.717, 1.165) is 19.3 Å². The van der Waals surface area contributed by atoms with E-state index in [0.29, 0.717) is 25.4 Å². The van der Waals surface area contributed by atoms with E-state index in [1.54, 1.807) is 4.90 Å². The van der Waals surface area contributed by atoms with Gasteiger partial charge in [-0.1, -0.05) is 6.92 Å². The maximum atomic E-state index is 12.1. The van der Waals surface area contributed by atoms with E-state index in [4.69, 9.17) is 0 Å². The third kappa shape index (κ3) is 2.23. The molecule has 1 unspecified atom stereocenters. The fraction of sp³-hybridized carbons (Fsp3) is 0.846. The molecule has 1 N–H and O–H groups in total. The fourth-order valence-electron chi connectivity index (χ4n) is 2.90. The number of carboxylic acids is 1. The zero-order chi connectivity index (χ0) is 13.3. The molecule has 0 aromatic heterocycles. The number of carbonyl (C=O) groups excluding carboxylic acids is 1. The highest BCUT2D eigenvalue weighted by Crippen LogP contribution is 2.33. The van der Waals surface area contributed by atoms with Crippen LogP contribution in [0.5, 0.6) is 0 Å². The van der Waals surface area contributed by atoms with E-state index in [1.807, 2.05) is 18.9 Å². The van der Waals surface area contributed by atoms with Crippen LogP contribution < -0.4 is 0 Å². The molecular formula is C13H22N2O3. The van der Waals surface area contributed by atoms with E-state index in [9.17, 15) is 14.7 Å². The molecule has 0 bridgehead atoms. The van der Waals surface area contributed by atoms with Crippen molar-refractivity contribution in [3.63, 3.8) is 0 Å². The summed E-state index contributed by atoms with van der Waals surface area (Å²) in [5.41, 5.74) is -0.819. The van der Waals surface area contributed by atoms with Gasteiger partial charge in [0.1, 0.15) is 5.54 Å². The van der Waals surface area contributed by atoms with E-state index < -0.39 is 11.5 Å². The van der Waals surface area contributed by atoms with Gasteiger partial charge in [-0.3, -0.25) is 14.5 Å². The maximum absolute atomic E-state index is 12.1. The standard InChI is InChI=1S/C13H22N2O3/c1-3-13(12(17)18)7-4-8-15(13)9-11(16)14(2)10-5-6-10/h10H,3-9H2,1-2H3,(H,17,18). The van der Waals surface area contributed by atoms with Crippen LogP contribution in [0.1, 0.15) is 39.0 Å². The minimum atomic E-state index is -0.819. The summed E-state index contributed by atoms with van der Waals surface area (Å²) >= 11 is 0. The highest BCUT2D eigenvalue weighted by Gasteiger charge is 2.47. The Morgan fingerprint density at radius 3 is 2.61 bits per heavy atom. The molecule has 102 valence electrons. The Hall–Kier alpha value is -1.10. The summed E-state index contributed by atoms with van der Waals surface area (Å²) in [4.78, 5) is 27.2. The van der Waals surface area contributed by atoms with Gasteiger partial charge >= 0.3 is 5.97 Å². The van der Waals surface area contributed by atoms with Gasteiger partial charge in [0.2, 0.25) is 5.91 Å². The van der Waals surface area contributed by atoms with Gasteiger partial charge in [-0.05, 0) is 38.6 Å². The number of carboxylic acid groups (broad SMARTS) is 1. The van der Waals surface area contributed by atoms with Crippen LogP contribution in [0, 0.1) is 0 Å². The summed E-state index contributed by atoms with van der Waals surface area (Å²) in [6.45, 7) is 2.85. The number of likely N-dealkylation sites (N-methyl/N-ethyl adjacent to an activating group) is 1. The molecule has 1 aliphatic carbocycles. The topological polar surface area (TPSA) is 60.9 Å². The Morgan fingerprint density at radius 2 is 2.11 bits per heavy atom. The highest BCUT2D eigenvalue weighted by molar-refractivity contribution is 5.82. The van der Waals surface area contributed by atoms with Crippen molar-refractivity contribution < 1.29 is 14.7 Å². The van der Waals surface area contributed by atoms with Gasteiger partial charge in [0.05, 0.1) is 6.54 Å². The zero-order valence-corrected chi connectivity index (χ0v) is 11.2. The molecule has 1 heterocycles. The molecule has 2 fully saturated rings. The molecule has 0 aromatic carbocycles. The Bertz CT molecular complexity index is 354. The quantitative estimate of drug-likeness (QED) is 0.793. The Morgan fingerprint density at radius 1 is 1.44 bits per heavy atom. The van der Waals surface area contributed by atoms with Crippen LogP contribution in [-0.4, -0.2) is 58.5 Å². The lowest BCUT2D eigenvalue weighted by atomic mass is 9.93. The van der Waals surface area contributed by atoms with Gasteiger partial charge in [0, 0.05) is 13.1 Å². The molecule has 1 amide bonds. The van der Waals surface area contributed by atoms with Gasteiger partial charge in [-0.25, -0.2) is 0 Å². The van der Waals surface area contributed by atoms with Crippen LogP contribution in [0.25, 0.3) is 0 Å². The first-order chi connectivity index (χ1) is 8.51. The summed E-state index contributed by atoms with van der Waals surface area (Å²) in [6.07, 6.45) is 4.24. The number of hydrogen-bond acceptors (Lipinski definition) is 3. The number of rotatable bonds is 5. The van der Waals surface area contributed by atoms with Crippen LogP contribution in [0.4, 0.5) is 0 Å². The Labute approximate surface area is 108 Å². The number of amides is 1. The van der Waals surface area contributed by atoms with Crippen molar-refractivity contribution in [1.29, 1.82) is 0 Å². The lowest BCUT2D eigenvalue weighted by molar-refractivity contribution is -0.151. The van der Waals surface area contributed by atoms with Gasteiger partial charge in [-0.2, -0.15) is 0 Å². The molecular weight excluding hydrogens is 232 g/mol. The second-order valence-electron chi connectivity index (χ2n) is 5.45. The third-order valence-electron chi connectivity index (χ3n) is 4.42. The summed E-state index contributed by atoms with van der Waals surface area (Å²) < 4.78 is 0. The normalized spacial score (nSPS) is 28.3. The third-order valence-corrected chi connectivity index (χ3v) is 4.42. The van der Waals surface area contributed by atoms with Crippen LogP contribution >= 0.6 is 0 Å². The second kappa shape index (κ2) is 4.88. The molecule has 18 heavy (non-hydrogen) atoms. The fourth-order valence-corrected chi connectivity index (χ4v) is 2.90. The minimum absolute atomic E-state index is 0.0541. The van der Waals surface area contributed by atoms with E-state index in [-0.39, 0.29) is 12.5 Å². The minimum Gasteiger partial charge on any atom is -0.480 e. The van der Waals surface area contributed by atoms with E-state index in [1.165, 1.54) is 0 Å². The number of nitrogens with zero attached hydrogens (tertiary/aromatic N) is 2. The smallest absolute Gasteiger partial charge is 0.324 e. The molecule has 1 atom stereocenters. The van der Waals surface area contributed by atoms with E-state index in [2.05, 4.69) is 0 Å². The molecule has 2 aliphatic rings. The number of aliphatic carboxylic acids is 1. The average Bonchev–Trinajstić information content (AvgIpc) is 3.10. The summed E-state index contributed by atoms with van der Waals surface area (Å²) in [5, 5.41) is 9.44. The highest BCUT2D eigenvalue weighted by atomic mass is 16.4. The van der Waals surface area contributed by atoms with Crippen LogP contribution in [0.2, 0.25) is 0 Å². The number of carbonyl (C=O) groups is 2. The molecule has 0 spiro atoms. The van der Waals surface area contributed by atoms with Crippen molar-refractivity contribution in [2.75, 3.05) is 20.1 Å². The van der Waals surface area contributed by atoms with Crippen molar-refractivity contribution in [2.24, 2.45) is 0 Å². The molecule has 5 nitrogen and oxygen atoms in total. The lowest BCUT2D eigenvalue weighted by Crippen LogP contribution is -2.53. The Balaban J connectivity index is 2.02. The van der Waals surface area contributed by atoms with Crippen molar-refractivity contribution >= 4 is 11.9 Å². The number of hydrogen-bond donors (Lipinski definition) is 1. The lowest BCUT2D eigenvalue weighted by Gasteiger charge is -2.34. The first-order valence-electron chi connectivity index (χ1n) is 6.75.